The third kappa shape index (κ3) is 3.72. The minimum absolute atomic E-state index is 0.00237. The van der Waals surface area contributed by atoms with Gasteiger partial charge in [0.1, 0.15) is 24.2 Å². The molecule has 0 unspecified atom stereocenters. The molecule has 0 heterocycles. The van der Waals surface area contributed by atoms with Crippen LogP contribution in [0.3, 0.4) is 0 Å². The number of nitrogens with two attached hydrogens (primary N) is 1. The Balaban J connectivity index is 2.19. The minimum Gasteiger partial charge on any atom is -0.487 e. The van der Waals surface area contributed by atoms with Crippen molar-refractivity contribution in [1.29, 1.82) is 5.26 Å². The molecule has 3 nitrogen and oxygen atoms in total. The molecule has 2 N–H and O–H groups in total. The van der Waals surface area contributed by atoms with Gasteiger partial charge in [0.25, 0.3) is 0 Å². The normalized spacial score (nSPS) is 10.2. The minimum atomic E-state index is -0.539. The zero-order chi connectivity index (χ0) is 15.2. The summed E-state index contributed by atoms with van der Waals surface area (Å²) < 4.78 is 19.0. The van der Waals surface area contributed by atoms with Crippen LogP contribution in [0, 0.1) is 17.1 Å². The molecule has 0 aliphatic carbocycles. The van der Waals surface area contributed by atoms with E-state index in [0.29, 0.717) is 29.3 Å². The first-order valence-electron chi connectivity index (χ1n) is 6.44. The first-order valence-corrected chi connectivity index (χ1v) is 6.82. The summed E-state index contributed by atoms with van der Waals surface area (Å²) in [5, 5.41) is 9.32. The molecule has 2 aromatic rings. The Bertz CT molecular complexity index is 682. The molecular weight excluding hydrogens is 291 g/mol. The van der Waals surface area contributed by atoms with Crippen molar-refractivity contribution < 1.29 is 9.13 Å². The first-order chi connectivity index (χ1) is 10.2. The number of nitriles is 1. The molecule has 0 saturated heterocycles. The second-order valence-corrected chi connectivity index (χ2v) is 4.89. The summed E-state index contributed by atoms with van der Waals surface area (Å²) in [6.07, 6.45) is 0.656. The molecule has 2 rings (SSSR count). The average molecular weight is 305 g/mol. The van der Waals surface area contributed by atoms with E-state index in [1.165, 1.54) is 12.1 Å². The van der Waals surface area contributed by atoms with E-state index in [1.54, 1.807) is 18.2 Å². The summed E-state index contributed by atoms with van der Waals surface area (Å²) >= 11 is 6.14. The Hall–Kier alpha value is -2.09. The van der Waals surface area contributed by atoms with Crippen molar-refractivity contribution in [1.82, 2.24) is 0 Å². The summed E-state index contributed by atoms with van der Waals surface area (Å²) in [5.41, 5.74) is 7.19. The van der Waals surface area contributed by atoms with Crippen LogP contribution in [0.5, 0.6) is 5.75 Å². The number of nitrogens with zero attached hydrogens (tertiary/aromatic N) is 1. The number of benzene rings is 2. The lowest BCUT2D eigenvalue weighted by molar-refractivity contribution is 0.303. The number of rotatable bonds is 5. The van der Waals surface area contributed by atoms with Crippen LogP contribution in [0.15, 0.2) is 36.4 Å². The molecule has 0 spiro atoms. The SMILES string of the molecule is N#Cc1cc(COc2c(Cl)cccc2CCN)ccc1F. The second-order valence-electron chi connectivity index (χ2n) is 4.48. The highest BCUT2D eigenvalue weighted by Crippen LogP contribution is 2.29. The van der Waals surface area contributed by atoms with Crippen LogP contribution >= 0.6 is 11.6 Å². The van der Waals surface area contributed by atoms with Gasteiger partial charge in [-0.15, -0.1) is 0 Å². The van der Waals surface area contributed by atoms with E-state index in [9.17, 15) is 4.39 Å². The zero-order valence-electron chi connectivity index (χ0n) is 11.3. The molecule has 108 valence electrons. The van der Waals surface area contributed by atoms with Crippen molar-refractivity contribution in [2.24, 2.45) is 5.73 Å². The van der Waals surface area contributed by atoms with Crippen molar-refractivity contribution in [2.75, 3.05) is 6.54 Å². The quantitative estimate of drug-likeness (QED) is 0.920. The van der Waals surface area contributed by atoms with Crippen LogP contribution in [0.4, 0.5) is 4.39 Å². The molecule has 2 aromatic carbocycles. The summed E-state index contributed by atoms with van der Waals surface area (Å²) in [4.78, 5) is 0. The number of hydrogen-bond acceptors (Lipinski definition) is 3. The fourth-order valence-electron chi connectivity index (χ4n) is 1.97. The maximum absolute atomic E-state index is 13.3. The predicted molar refractivity (Wildman–Crippen MR) is 79.7 cm³/mol. The fraction of sp³-hybridized carbons (Fsp3) is 0.188. The van der Waals surface area contributed by atoms with E-state index in [2.05, 4.69) is 0 Å². The molecule has 0 fully saturated rings. The predicted octanol–water partition coefficient (Wildman–Crippen LogP) is 3.43. The summed E-state index contributed by atoms with van der Waals surface area (Å²) in [6.45, 7) is 0.697. The largest absolute Gasteiger partial charge is 0.487 e. The van der Waals surface area contributed by atoms with Crippen LogP contribution in [-0.2, 0) is 13.0 Å². The highest BCUT2D eigenvalue weighted by molar-refractivity contribution is 6.32. The highest BCUT2D eigenvalue weighted by atomic mass is 35.5. The fourth-order valence-corrected chi connectivity index (χ4v) is 2.22. The van der Waals surface area contributed by atoms with Crippen molar-refractivity contribution in [2.45, 2.75) is 13.0 Å². The van der Waals surface area contributed by atoms with Crippen LogP contribution in [-0.4, -0.2) is 6.54 Å². The van der Waals surface area contributed by atoms with Crippen LogP contribution in [0.25, 0.3) is 0 Å². The lowest BCUT2D eigenvalue weighted by atomic mass is 10.1. The Labute approximate surface area is 127 Å². The van der Waals surface area contributed by atoms with Gasteiger partial charge < -0.3 is 10.5 Å². The van der Waals surface area contributed by atoms with Gasteiger partial charge in [0.2, 0.25) is 0 Å². The average Bonchev–Trinajstić information content (AvgIpc) is 2.48. The summed E-state index contributed by atoms with van der Waals surface area (Å²) in [6, 6.07) is 11.6. The van der Waals surface area contributed by atoms with Gasteiger partial charge in [0, 0.05) is 0 Å². The van der Waals surface area contributed by atoms with E-state index in [4.69, 9.17) is 27.3 Å². The number of ether oxygens (including phenoxy) is 1. The molecule has 0 aromatic heterocycles. The molecule has 0 radical (unpaired) electrons. The molecule has 0 aliphatic heterocycles. The first kappa shape index (κ1) is 15.3. The molecule has 5 heteroatoms. The van der Waals surface area contributed by atoms with Gasteiger partial charge in [0.05, 0.1) is 10.6 Å². The molecule has 0 aliphatic rings. The molecule has 0 bridgehead atoms. The number of halogens is 2. The van der Waals surface area contributed by atoms with Crippen molar-refractivity contribution >= 4 is 11.6 Å². The van der Waals surface area contributed by atoms with Crippen molar-refractivity contribution in [3.63, 3.8) is 0 Å². The monoisotopic (exact) mass is 304 g/mol. The Morgan fingerprint density at radius 1 is 1.29 bits per heavy atom. The van der Waals surface area contributed by atoms with Crippen molar-refractivity contribution in [3.8, 4) is 11.8 Å². The second kappa shape index (κ2) is 7.07. The Morgan fingerprint density at radius 2 is 2.10 bits per heavy atom. The van der Waals surface area contributed by atoms with E-state index >= 15 is 0 Å². The van der Waals surface area contributed by atoms with E-state index in [-0.39, 0.29) is 12.2 Å². The van der Waals surface area contributed by atoms with Crippen LogP contribution in [0.2, 0.25) is 5.02 Å². The molecule has 0 amide bonds. The lowest BCUT2D eigenvalue weighted by Gasteiger charge is -2.13. The summed E-state index contributed by atoms with van der Waals surface area (Å²) in [7, 11) is 0. The third-order valence-corrected chi connectivity index (χ3v) is 3.29. The smallest absolute Gasteiger partial charge is 0.141 e. The number of hydrogen-bond donors (Lipinski definition) is 1. The van der Waals surface area contributed by atoms with Gasteiger partial charge in [-0.25, -0.2) is 4.39 Å². The van der Waals surface area contributed by atoms with Gasteiger partial charge in [-0.3, -0.25) is 0 Å². The molecule has 0 atom stereocenters. The zero-order valence-corrected chi connectivity index (χ0v) is 12.0. The van der Waals surface area contributed by atoms with E-state index in [1.807, 2.05) is 12.1 Å². The third-order valence-electron chi connectivity index (χ3n) is 3.00. The molecule has 0 saturated carbocycles. The van der Waals surface area contributed by atoms with Crippen LogP contribution in [0.1, 0.15) is 16.7 Å². The maximum atomic E-state index is 13.3. The number of para-hydroxylation sites is 1. The lowest BCUT2D eigenvalue weighted by Crippen LogP contribution is -2.06. The van der Waals surface area contributed by atoms with E-state index < -0.39 is 5.82 Å². The van der Waals surface area contributed by atoms with Gasteiger partial charge >= 0.3 is 0 Å². The van der Waals surface area contributed by atoms with Gasteiger partial charge in [-0.1, -0.05) is 29.8 Å². The van der Waals surface area contributed by atoms with Gasteiger partial charge in [0.15, 0.2) is 0 Å². The highest BCUT2D eigenvalue weighted by Gasteiger charge is 2.09. The maximum Gasteiger partial charge on any atom is 0.141 e. The molecule has 21 heavy (non-hydrogen) atoms. The topological polar surface area (TPSA) is 59.0 Å². The standard InChI is InChI=1S/C16H14ClFN2O/c17-14-3-1-2-12(6-7-19)16(14)21-10-11-4-5-15(18)13(8-11)9-20/h1-5,8H,6-7,10,19H2. The summed E-state index contributed by atoms with van der Waals surface area (Å²) in [5.74, 6) is 0.0373. The van der Waals surface area contributed by atoms with Gasteiger partial charge in [-0.2, -0.15) is 5.26 Å². The van der Waals surface area contributed by atoms with Crippen LogP contribution < -0.4 is 10.5 Å². The van der Waals surface area contributed by atoms with Gasteiger partial charge in [-0.05, 0) is 42.3 Å². The van der Waals surface area contributed by atoms with E-state index in [0.717, 1.165) is 5.56 Å². The molecular formula is C16H14ClFN2O. The Kier molecular flexibility index (Phi) is 5.15. The van der Waals surface area contributed by atoms with Crippen molar-refractivity contribution in [3.05, 3.63) is 63.9 Å². The Morgan fingerprint density at radius 3 is 2.81 bits per heavy atom.